The molecule has 0 spiro atoms. The number of rotatable bonds is 3. The molecule has 0 amide bonds. The molecule has 3 aromatic heterocycles. The van der Waals surface area contributed by atoms with Gasteiger partial charge in [-0.2, -0.15) is 0 Å². The maximum Gasteiger partial charge on any atom is 0.0979 e. The van der Waals surface area contributed by atoms with E-state index in [1.165, 1.54) is 54.4 Å². The van der Waals surface area contributed by atoms with Crippen molar-refractivity contribution in [2.45, 2.75) is 26.2 Å². The van der Waals surface area contributed by atoms with Gasteiger partial charge >= 0.3 is 0 Å². The number of benzene rings is 8. The van der Waals surface area contributed by atoms with Crippen molar-refractivity contribution in [1.29, 1.82) is 0 Å². The van der Waals surface area contributed by atoms with Gasteiger partial charge in [-0.1, -0.05) is 142 Å². The predicted octanol–water partition coefficient (Wildman–Crippen LogP) is 13.1. The molecule has 0 atom stereocenters. The van der Waals surface area contributed by atoms with E-state index in [1.807, 2.05) is 0 Å². The molecule has 8 aromatic carbocycles. The van der Waals surface area contributed by atoms with Crippen LogP contribution in [0.2, 0.25) is 0 Å². The van der Waals surface area contributed by atoms with Crippen LogP contribution in [0.4, 0.5) is 0 Å². The van der Waals surface area contributed by atoms with Crippen LogP contribution in [0.25, 0.3) is 98.8 Å². The molecule has 0 saturated heterocycles. The molecule has 0 aliphatic carbocycles. The third-order valence-corrected chi connectivity index (χ3v) is 11.1. The average Bonchev–Trinajstić information content (AvgIpc) is 3.73. The Morgan fingerprint density at radius 2 is 0.704 bits per heavy atom. The molecule has 256 valence electrons. The van der Waals surface area contributed by atoms with Crippen molar-refractivity contribution in [3.8, 4) is 22.6 Å². The second-order valence-corrected chi connectivity index (χ2v) is 15.4. The summed E-state index contributed by atoms with van der Waals surface area (Å²) in [6.45, 7) is 6.75. The molecular weight excluding hydrogens is 657 g/mol. The minimum atomic E-state index is -0.293. The van der Waals surface area contributed by atoms with Crippen molar-refractivity contribution in [3.05, 3.63) is 169 Å². The molecular formula is C50H36N4. The van der Waals surface area contributed by atoms with E-state index >= 15 is 0 Å². The highest BCUT2D eigenvalue weighted by Gasteiger charge is 2.26. The van der Waals surface area contributed by atoms with Crippen molar-refractivity contribution in [3.63, 3.8) is 0 Å². The first-order valence-corrected chi connectivity index (χ1v) is 18.7. The largest absolute Gasteiger partial charge is 0.309 e. The number of aromatic nitrogens is 4. The minimum absolute atomic E-state index is 0.293. The number of hydrogen-bond donors (Lipinski definition) is 0. The first kappa shape index (κ1) is 30.8. The van der Waals surface area contributed by atoms with E-state index < -0.39 is 0 Å². The van der Waals surface area contributed by atoms with E-state index in [0.717, 1.165) is 50.1 Å². The quantitative estimate of drug-likeness (QED) is 0.173. The maximum absolute atomic E-state index is 5.70. The van der Waals surface area contributed by atoms with Crippen molar-refractivity contribution < 1.29 is 0 Å². The normalized spacial score (nSPS) is 12.4. The van der Waals surface area contributed by atoms with Gasteiger partial charge in [0, 0.05) is 54.7 Å². The lowest BCUT2D eigenvalue weighted by Crippen LogP contribution is -2.17. The van der Waals surface area contributed by atoms with Crippen molar-refractivity contribution in [1.82, 2.24) is 19.1 Å². The summed E-state index contributed by atoms with van der Waals surface area (Å²) in [6.07, 6.45) is 0. The molecule has 0 unspecified atom stereocenters. The summed E-state index contributed by atoms with van der Waals surface area (Å²) in [6, 6.07) is 59.2. The lowest BCUT2D eigenvalue weighted by atomic mass is 9.87. The second kappa shape index (κ2) is 11.4. The number of nitrogens with zero attached hydrogens (tertiary/aromatic N) is 4. The van der Waals surface area contributed by atoms with Crippen LogP contribution in [-0.4, -0.2) is 19.1 Å². The molecule has 0 N–H and O–H groups in total. The molecule has 54 heavy (non-hydrogen) atoms. The van der Waals surface area contributed by atoms with Gasteiger partial charge in [0.1, 0.15) is 0 Å². The fourth-order valence-corrected chi connectivity index (χ4v) is 8.78. The molecule has 11 aromatic rings. The molecule has 0 fully saturated rings. The van der Waals surface area contributed by atoms with Gasteiger partial charge in [0.2, 0.25) is 0 Å². The fourth-order valence-electron chi connectivity index (χ4n) is 8.78. The maximum atomic E-state index is 5.70. The van der Waals surface area contributed by atoms with Gasteiger partial charge in [-0.15, -0.1) is 0 Å². The van der Waals surface area contributed by atoms with Gasteiger partial charge < -0.3 is 9.13 Å². The SMILES string of the molecule is CC(C)(C)c1nc2c3ccccc3c3ccccc3c2nc1-c1cc(-n2c3ccccc3c3ccccc32)cc(-n2c3ccccc3c3ccccc32)c1. The summed E-state index contributed by atoms with van der Waals surface area (Å²) in [5.74, 6) is 0. The van der Waals surface area contributed by atoms with Crippen LogP contribution < -0.4 is 0 Å². The Morgan fingerprint density at radius 3 is 1.09 bits per heavy atom. The standard InChI is InChI=1S/C50H36N4/c1-50(2,3)49-46(51-47-40-22-6-4-16-34(40)35-17-5-7-23-41(35)48(47)52-49)31-28-32(53-42-24-12-8-18-36(42)37-19-9-13-25-43(37)53)30-33(29-31)54-44-26-14-10-20-38(44)39-21-11-15-27-45(39)54/h4-30H,1-3H3. The number of fused-ring (bicyclic) bond motifs is 12. The smallest absolute Gasteiger partial charge is 0.0979 e. The first-order valence-electron chi connectivity index (χ1n) is 18.7. The average molecular weight is 693 g/mol. The van der Waals surface area contributed by atoms with Crippen LogP contribution in [0.3, 0.4) is 0 Å². The Hall–Kier alpha value is -6.78. The highest BCUT2D eigenvalue weighted by Crippen LogP contribution is 2.41. The summed E-state index contributed by atoms with van der Waals surface area (Å²) in [4.78, 5) is 11.3. The van der Waals surface area contributed by atoms with E-state index in [4.69, 9.17) is 9.97 Å². The zero-order chi connectivity index (χ0) is 36.1. The number of hydrogen-bond acceptors (Lipinski definition) is 2. The fraction of sp³-hybridized carbons (Fsp3) is 0.0800. The Labute approximate surface area is 312 Å². The molecule has 4 nitrogen and oxygen atoms in total. The summed E-state index contributed by atoms with van der Waals surface area (Å²) in [5, 5.41) is 9.56. The van der Waals surface area contributed by atoms with Crippen molar-refractivity contribution in [2.75, 3.05) is 0 Å². The Kier molecular flexibility index (Phi) is 6.48. The zero-order valence-electron chi connectivity index (χ0n) is 30.4. The number of para-hydroxylation sites is 4. The Morgan fingerprint density at radius 1 is 0.370 bits per heavy atom. The van der Waals surface area contributed by atoms with Crippen LogP contribution in [0, 0.1) is 0 Å². The van der Waals surface area contributed by atoms with Crippen molar-refractivity contribution in [2.24, 2.45) is 0 Å². The molecule has 0 radical (unpaired) electrons. The van der Waals surface area contributed by atoms with E-state index in [1.54, 1.807) is 0 Å². The molecule has 0 saturated carbocycles. The van der Waals surface area contributed by atoms with Crippen LogP contribution in [0.1, 0.15) is 26.5 Å². The molecule has 3 heterocycles. The third kappa shape index (κ3) is 4.43. The van der Waals surface area contributed by atoms with E-state index in [2.05, 4.69) is 194 Å². The van der Waals surface area contributed by atoms with Gasteiger partial charge in [-0.3, -0.25) is 0 Å². The highest BCUT2D eigenvalue weighted by molar-refractivity contribution is 6.23. The third-order valence-electron chi connectivity index (χ3n) is 11.1. The van der Waals surface area contributed by atoms with E-state index in [-0.39, 0.29) is 5.41 Å². The summed E-state index contributed by atoms with van der Waals surface area (Å²) in [7, 11) is 0. The lowest BCUT2D eigenvalue weighted by molar-refractivity contribution is 0.571. The van der Waals surface area contributed by atoms with E-state index in [0.29, 0.717) is 0 Å². The predicted molar refractivity (Wildman–Crippen MR) is 227 cm³/mol. The van der Waals surface area contributed by atoms with Gasteiger partial charge in [-0.25, -0.2) is 9.97 Å². The summed E-state index contributed by atoms with van der Waals surface area (Å²) >= 11 is 0. The molecule has 4 heteroatoms. The van der Waals surface area contributed by atoms with Gasteiger partial charge in [0.05, 0.1) is 44.5 Å². The Bertz CT molecular complexity index is 3080. The van der Waals surface area contributed by atoms with Gasteiger partial charge in [0.25, 0.3) is 0 Å². The first-order chi connectivity index (χ1) is 26.4. The topological polar surface area (TPSA) is 35.6 Å². The minimum Gasteiger partial charge on any atom is -0.309 e. The summed E-state index contributed by atoms with van der Waals surface area (Å²) < 4.78 is 4.83. The van der Waals surface area contributed by atoms with Gasteiger partial charge in [-0.05, 0) is 53.2 Å². The highest BCUT2D eigenvalue weighted by atomic mass is 15.0. The van der Waals surface area contributed by atoms with Crippen LogP contribution in [-0.2, 0) is 5.41 Å². The molecule has 11 rings (SSSR count). The van der Waals surface area contributed by atoms with Gasteiger partial charge in [0.15, 0.2) is 0 Å². The van der Waals surface area contributed by atoms with Crippen LogP contribution in [0.5, 0.6) is 0 Å². The lowest BCUT2D eigenvalue weighted by Gasteiger charge is -2.24. The Balaban J connectivity index is 1.31. The molecule has 0 aliphatic rings. The molecule has 0 aliphatic heterocycles. The van der Waals surface area contributed by atoms with Crippen molar-refractivity contribution >= 4 is 76.2 Å². The monoisotopic (exact) mass is 692 g/mol. The molecule has 0 bridgehead atoms. The zero-order valence-corrected chi connectivity index (χ0v) is 30.4. The summed E-state index contributed by atoms with van der Waals surface area (Å²) in [5.41, 5.74) is 11.3. The van der Waals surface area contributed by atoms with E-state index in [9.17, 15) is 0 Å². The van der Waals surface area contributed by atoms with Crippen LogP contribution in [0.15, 0.2) is 164 Å². The van der Waals surface area contributed by atoms with Crippen LogP contribution >= 0.6 is 0 Å². The second-order valence-electron chi connectivity index (χ2n) is 15.4.